The summed E-state index contributed by atoms with van der Waals surface area (Å²) in [5, 5.41) is 3.24. The quantitative estimate of drug-likeness (QED) is 0.648. The van der Waals surface area contributed by atoms with Gasteiger partial charge < -0.3 is 10.1 Å². The summed E-state index contributed by atoms with van der Waals surface area (Å²) in [6.45, 7) is 0.00724. The minimum absolute atomic E-state index is 0.134. The first-order valence-electron chi connectivity index (χ1n) is 9.12. The van der Waals surface area contributed by atoms with Gasteiger partial charge >= 0.3 is 11.7 Å². The second kappa shape index (κ2) is 8.03. The van der Waals surface area contributed by atoms with Crippen LogP contribution in [0, 0.1) is 0 Å². The van der Waals surface area contributed by atoms with Crippen LogP contribution in [0.2, 0.25) is 5.02 Å². The van der Waals surface area contributed by atoms with Crippen LogP contribution in [0.1, 0.15) is 11.4 Å². The summed E-state index contributed by atoms with van der Waals surface area (Å²) in [7, 11) is 1.56. The Bertz CT molecular complexity index is 1170. The first kappa shape index (κ1) is 19.7. The SMILES string of the molecule is COc1ccc(N2Cc3nc(=O)n(CC(=O)NCc4ccccc4Cl)n3C2=O)cc1. The van der Waals surface area contributed by atoms with Gasteiger partial charge in [-0.3, -0.25) is 9.69 Å². The lowest BCUT2D eigenvalue weighted by molar-refractivity contribution is -0.122. The zero-order chi connectivity index (χ0) is 21.3. The molecule has 0 saturated carbocycles. The van der Waals surface area contributed by atoms with Crippen molar-refractivity contribution < 1.29 is 14.3 Å². The van der Waals surface area contributed by atoms with E-state index in [9.17, 15) is 14.4 Å². The van der Waals surface area contributed by atoms with Crippen molar-refractivity contribution in [3.63, 3.8) is 0 Å². The molecule has 9 nitrogen and oxygen atoms in total. The molecule has 2 heterocycles. The smallest absolute Gasteiger partial charge is 0.365 e. The number of nitrogens with one attached hydrogen (secondary N) is 1. The Balaban J connectivity index is 1.49. The molecule has 4 rings (SSSR count). The maximum Gasteiger partial charge on any atom is 0.365 e. The Kier molecular flexibility index (Phi) is 5.28. The maximum absolute atomic E-state index is 12.9. The van der Waals surface area contributed by atoms with Crippen LogP contribution in [0.25, 0.3) is 0 Å². The molecule has 1 aliphatic heterocycles. The van der Waals surface area contributed by atoms with E-state index in [2.05, 4.69) is 10.3 Å². The average Bonchev–Trinajstić information content (AvgIpc) is 3.23. The first-order valence-corrected chi connectivity index (χ1v) is 9.50. The molecule has 0 atom stereocenters. The molecule has 1 aliphatic rings. The van der Waals surface area contributed by atoms with Crippen LogP contribution < -0.4 is 20.6 Å². The number of nitrogens with zero attached hydrogens (tertiary/aromatic N) is 4. The van der Waals surface area contributed by atoms with Gasteiger partial charge in [-0.05, 0) is 35.9 Å². The molecular weight excluding hydrogens is 410 g/mol. The van der Waals surface area contributed by atoms with E-state index in [1.165, 1.54) is 4.90 Å². The summed E-state index contributed by atoms with van der Waals surface area (Å²) < 4.78 is 7.30. The lowest BCUT2D eigenvalue weighted by Gasteiger charge is -2.16. The van der Waals surface area contributed by atoms with Crippen LogP contribution >= 0.6 is 11.6 Å². The highest BCUT2D eigenvalue weighted by Gasteiger charge is 2.33. The zero-order valence-corrected chi connectivity index (χ0v) is 16.8. The molecular formula is C20H18ClN5O4. The van der Waals surface area contributed by atoms with Gasteiger partial charge in [0.15, 0.2) is 5.82 Å². The highest BCUT2D eigenvalue weighted by Crippen LogP contribution is 2.25. The van der Waals surface area contributed by atoms with Crippen molar-refractivity contribution in [2.75, 3.05) is 12.0 Å². The molecule has 10 heteroatoms. The number of hydrogen-bond donors (Lipinski definition) is 1. The van der Waals surface area contributed by atoms with E-state index in [1.54, 1.807) is 49.6 Å². The molecule has 0 spiro atoms. The standard InChI is InChI=1S/C20H18ClN5O4/c1-30-15-8-6-14(7-9-15)24-11-17-23-19(28)25(26(17)20(24)29)12-18(27)22-10-13-4-2-3-5-16(13)21/h2-9H,10-12H2,1H3,(H,22,27). The van der Waals surface area contributed by atoms with E-state index in [1.807, 2.05) is 6.07 Å². The molecule has 0 radical (unpaired) electrons. The third-order valence-corrected chi connectivity index (χ3v) is 5.12. The number of ether oxygens (including phenoxy) is 1. The lowest BCUT2D eigenvalue weighted by Crippen LogP contribution is -2.38. The van der Waals surface area contributed by atoms with Gasteiger partial charge in [-0.1, -0.05) is 29.8 Å². The number of amides is 2. The number of rotatable bonds is 6. The minimum atomic E-state index is -0.652. The second-order valence-electron chi connectivity index (χ2n) is 6.61. The van der Waals surface area contributed by atoms with Gasteiger partial charge in [-0.2, -0.15) is 9.67 Å². The number of fused-ring (bicyclic) bond motifs is 1. The fourth-order valence-electron chi connectivity index (χ4n) is 3.21. The van der Waals surface area contributed by atoms with E-state index in [0.717, 1.165) is 14.9 Å². The van der Waals surface area contributed by atoms with Crippen LogP contribution in [-0.2, 0) is 24.4 Å². The first-order chi connectivity index (χ1) is 14.5. The largest absolute Gasteiger partial charge is 0.497 e. The molecule has 0 fully saturated rings. The molecule has 154 valence electrons. The van der Waals surface area contributed by atoms with Crippen LogP contribution in [-0.4, -0.2) is 33.4 Å². The van der Waals surface area contributed by atoms with Crippen molar-refractivity contribution in [2.45, 2.75) is 19.6 Å². The average molecular weight is 428 g/mol. The third-order valence-electron chi connectivity index (χ3n) is 4.75. The summed E-state index contributed by atoms with van der Waals surface area (Å²) in [5.41, 5.74) is 0.731. The Morgan fingerprint density at radius 3 is 2.60 bits per heavy atom. The zero-order valence-electron chi connectivity index (χ0n) is 16.0. The van der Waals surface area contributed by atoms with Crippen LogP contribution in [0.3, 0.4) is 0 Å². The summed E-state index contributed by atoms with van der Waals surface area (Å²) in [4.78, 5) is 42.9. The molecule has 3 aromatic rings. The maximum atomic E-state index is 12.9. The molecule has 0 bridgehead atoms. The van der Waals surface area contributed by atoms with Crippen molar-refractivity contribution in [1.82, 2.24) is 19.7 Å². The van der Waals surface area contributed by atoms with Crippen molar-refractivity contribution in [3.8, 4) is 5.75 Å². The Morgan fingerprint density at radius 2 is 1.90 bits per heavy atom. The molecule has 30 heavy (non-hydrogen) atoms. The number of carbonyl (C=O) groups excluding carboxylic acids is 2. The number of carbonyl (C=O) groups is 2. The Labute approximate surface area is 176 Å². The highest BCUT2D eigenvalue weighted by atomic mass is 35.5. The monoisotopic (exact) mass is 427 g/mol. The van der Waals surface area contributed by atoms with Crippen molar-refractivity contribution in [2.24, 2.45) is 0 Å². The van der Waals surface area contributed by atoms with E-state index < -0.39 is 17.6 Å². The van der Waals surface area contributed by atoms with Gasteiger partial charge in [0.25, 0.3) is 0 Å². The Hall–Kier alpha value is -3.59. The van der Waals surface area contributed by atoms with Gasteiger partial charge in [0, 0.05) is 17.3 Å². The van der Waals surface area contributed by atoms with E-state index in [4.69, 9.17) is 16.3 Å². The molecule has 1 aromatic heterocycles. The molecule has 2 amide bonds. The highest BCUT2D eigenvalue weighted by molar-refractivity contribution is 6.31. The summed E-state index contributed by atoms with van der Waals surface area (Å²) >= 11 is 6.09. The van der Waals surface area contributed by atoms with Gasteiger partial charge in [-0.25, -0.2) is 14.3 Å². The van der Waals surface area contributed by atoms with Gasteiger partial charge in [0.2, 0.25) is 5.91 Å². The predicted molar refractivity (Wildman–Crippen MR) is 110 cm³/mol. The summed E-state index contributed by atoms with van der Waals surface area (Å²) in [5.74, 6) is 0.505. The predicted octanol–water partition coefficient (Wildman–Crippen LogP) is 2.01. The van der Waals surface area contributed by atoms with Crippen LogP contribution in [0.4, 0.5) is 10.5 Å². The summed E-state index contributed by atoms with van der Waals surface area (Å²) in [6.07, 6.45) is 0. The van der Waals surface area contributed by atoms with Gasteiger partial charge in [0.05, 0.1) is 13.7 Å². The topological polar surface area (TPSA) is 98.5 Å². The lowest BCUT2D eigenvalue weighted by atomic mass is 10.2. The molecule has 1 N–H and O–H groups in total. The minimum Gasteiger partial charge on any atom is -0.497 e. The molecule has 0 aliphatic carbocycles. The number of methoxy groups -OCH3 is 1. The number of aromatic nitrogens is 3. The van der Waals surface area contributed by atoms with E-state index in [-0.39, 0.29) is 25.5 Å². The van der Waals surface area contributed by atoms with Gasteiger partial charge in [-0.15, -0.1) is 0 Å². The third kappa shape index (κ3) is 3.67. The Morgan fingerprint density at radius 1 is 1.17 bits per heavy atom. The fraction of sp³-hybridized carbons (Fsp3) is 0.200. The number of halogens is 1. The van der Waals surface area contributed by atoms with Crippen molar-refractivity contribution >= 4 is 29.2 Å². The normalized spacial score (nSPS) is 12.7. The molecule has 0 unspecified atom stereocenters. The van der Waals surface area contributed by atoms with Crippen LogP contribution in [0.15, 0.2) is 53.3 Å². The van der Waals surface area contributed by atoms with Gasteiger partial charge in [0.1, 0.15) is 12.3 Å². The second-order valence-corrected chi connectivity index (χ2v) is 7.02. The van der Waals surface area contributed by atoms with E-state index >= 15 is 0 Å². The van der Waals surface area contributed by atoms with Crippen molar-refractivity contribution in [1.29, 1.82) is 0 Å². The fourth-order valence-corrected chi connectivity index (χ4v) is 3.41. The molecule has 2 aromatic carbocycles. The van der Waals surface area contributed by atoms with Crippen LogP contribution in [0.5, 0.6) is 5.75 Å². The molecule has 0 saturated heterocycles. The number of hydrogen-bond acceptors (Lipinski definition) is 5. The number of anilines is 1. The summed E-state index contributed by atoms with van der Waals surface area (Å²) in [6, 6.07) is 13.6. The van der Waals surface area contributed by atoms with E-state index in [0.29, 0.717) is 16.5 Å². The van der Waals surface area contributed by atoms with Crippen molar-refractivity contribution in [3.05, 3.63) is 75.4 Å². The number of benzene rings is 2.